The summed E-state index contributed by atoms with van der Waals surface area (Å²) in [6.07, 6.45) is 2.18. The van der Waals surface area contributed by atoms with Crippen LogP contribution in [-0.4, -0.2) is 9.13 Å². The number of rotatable bonds is 3. The van der Waals surface area contributed by atoms with Crippen LogP contribution in [0.2, 0.25) is 0 Å². The molecule has 2 heterocycles. The first kappa shape index (κ1) is 30.8. The third kappa shape index (κ3) is 4.25. The van der Waals surface area contributed by atoms with E-state index in [0.29, 0.717) is 0 Å². The summed E-state index contributed by atoms with van der Waals surface area (Å²) in [5.41, 5.74) is 20.9. The molecular weight excluding hydrogens is 665 g/mol. The number of hydrogen-bond acceptors (Lipinski definition) is 0. The smallest absolute Gasteiger partial charge is 0.0547 e. The maximum atomic E-state index is 2.47. The predicted molar refractivity (Wildman–Crippen MR) is 231 cm³/mol. The molecule has 12 rings (SSSR count). The highest BCUT2D eigenvalue weighted by atomic mass is 15.0. The summed E-state index contributed by atoms with van der Waals surface area (Å²) in [5.74, 6) is 0. The van der Waals surface area contributed by atoms with E-state index in [4.69, 9.17) is 0 Å². The minimum Gasteiger partial charge on any atom is -0.309 e. The van der Waals surface area contributed by atoms with Crippen molar-refractivity contribution in [3.05, 3.63) is 192 Å². The minimum absolute atomic E-state index is 0.0643. The summed E-state index contributed by atoms with van der Waals surface area (Å²) in [5, 5.41) is 5.24. The Morgan fingerprint density at radius 3 is 1.91 bits per heavy atom. The van der Waals surface area contributed by atoms with Crippen LogP contribution >= 0.6 is 0 Å². The summed E-state index contributed by atoms with van der Waals surface area (Å²) in [4.78, 5) is 0. The predicted octanol–water partition coefficient (Wildman–Crippen LogP) is 13.6. The van der Waals surface area contributed by atoms with Crippen molar-refractivity contribution in [1.82, 2.24) is 9.13 Å². The molecule has 0 saturated carbocycles. The topological polar surface area (TPSA) is 9.86 Å². The van der Waals surface area contributed by atoms with Crippen LogP contribution in [-0.2, 0) is 18.3 Å². The Balaban J connectivity index is 1.03. The quantitative estimate of drug-likeness (QED) is 0.173. The number of hydrogen-bond donors (Lipinski definition) is 0. The van der Waals surface area contributed by atoms with Gasteiger partial charge in [-0.1, -0.05) is 123 Å². The molecule has 260 valence electrons. The highest BCUT2D eigenvalue weighted by molar-refractivity contribution is 6.17. The van der Waals surface area contributed by atoms with E-state index >= 15 is 0 Å². The average Bonchev–Trinajstić information content (AvgIpc) is 3.83. The van der Waals surface area contributed by atoms with Crippen LogP contribution in [0.1, 0.15) is 36.1 Å². The Hall–Kier alpha value is -6.64. The van der Waals surface area contributed by atoms with Gasteiger partial charge in [0, 0.05) is 38.3 Å². The number of para-hydroxylation sites is 2. The molecule has 2 aliphatic carbocycles. The molecule has 0 spiro atoms. The lowest BCUT2D eigenvalue weighted by Gasteiger charge is -2.21. The van der Waals surface area contributed by atoms with Crippen molar-refractivity contribution in [3.8, 4) is 44.8 Å². The zero-order valence-corrected chi connectivity index (χ0v) is 31.0. The second kappa shape index (κ2) is 11.2. The fourth-order valence-corrected chi connectivity index (χ4v) is 10.2. The molecular formula is C53H38N2. The average molecular weight is 703 g/mol. The third-order valence-corrected chi connectivity index (χ3v) is 12.8. The molecule has 2 heteroatoms. The Morgan fingerprint density at radius 1 is 0.400 bits per heavy atom. The molecule has 10 aromatic rings. The van der Waals surface area contributed by atoms with Crippen LogP contribution in [0, 0.1) is 0 Å². The second-order valence-electron chi connectivity index (χ2n) is 16.0. The van der Waals surface area contributed by atoms with Crippen molar-refractivity contribution in [2.75, 3.05) is 0 Å². The highest BCUT2D eigenvalue weighted by Crippen LogP contribution is 2.51. The SMILES string of the molecule is CC1(C)c2ccccc2-c2cc3c4cc(-c5ccc(-n6c7ccccc7c7c8c(ccc76)CCc6ccccc6-8)cc5)ccc4n(-c4ccccc4)c3cc21. The van der Waals surface area contributed by atoms with Crippen LogP contribution < -0.4 is 0 Å². The van der Waals surface area contributed by atoms with E-state index in [1.807, 2.05) is 0 Å². The lowest BCUT2D eigenvalue weighted by molar-refractivity contribution is 0.661. The van der Waals surface area contributed by atoms with Gasteiger partial charge in [-0.2, -0.15) is 0 Å². The van der Waals surface area contributed by atoms with Crippen LogP contribution in [0.3, 0.4) is 0 Å². The molecule has 0 N–H and O–H groups in total. The largest absolute Gasteiger partial charge is 0.309 e. The zero-order valence-electron chi connectivity index (χ0n) is 31.0. The van der Waals surface area contributed by atoms with Crippen molar-refractivity contribution >= 4 is 43.6 Å². The molecule has 0 amide bonds. The summed E-state index contributed by atoms with van der Waals surface area (Å²) in [6, 6.07) is 63.6. The fraction of sp³-hybridized carbons (Fsp3) is 0.0943. The number of fused-ring (bicyclic) bond motifs is 13. The van der Waals surface area contributed by atoms with Gasteiger partial charge in [0.1, 0.15) is 0 Å². The molecule has 0 radical (unpaired) electrons. The Morgan fingerprint density at radius 2 is 1.04 bits per heavy atom. The molecule has 0 unspecified atom stereocenters. The van der Waals surface area contributed by atoms with Gasteiger partial charge in [0.15, 0.2) is 0 Å². The number of aryl methyl sites for hydroxylation is 2. The molecule has 8 aromatic carbocycles. The Bertz CT molecular complexity index is 3210. The number of aromatic nitrogens is 2. The molecule has 0 aliphatic heterocycles. The first-order valence-corrected chi connectivity index (χ1v) is 19.6. The van der Waals surface area contributed by atoms with Crippen LogP contribution in [0.5, 0.6) is 0 Å². The van der Waals surface area contributed by atoms with E-state index < -0.39 is 0 Å². The standard InChI is InChI=1S/C53H38N2/c1-53(2)45-18-10-8-16-40(45)42-31-44-43-30-36(25-28-48(43)55(50(44)32-46(42)53)37-13-4-3-5-14-37)33-22-26-38(27-23-33)54-47-19-11-9-17-41(47)52-49(54)29-24-35-21-20-34-12-6-7-15-39(34)51(35)52/h3-19,22-32H,20-21H2,1-2H3. The van der Waals surface area contributed by atoms with Crippen LogP contribution in [0.4, 0.5) is 0 Å². The minimum atomic E-state index is -0.0643. The van der Waals surface area contributed by atoms with Gasteiger partial charge in [0.05, 0.1) is 22.1 Å². The highest BCUT2D eigenvalue weighted by Gasteiger charge is 2.36. The number of nitrogens with zero attached hydrogens (tertiary/aromatic N) is 2. The molecule has 2 aromatic heterocycles. The molecule has 2 nitrogen and oxygen atoms in total. The Kier molecular flexibility index (Phi) is 6.27. The molecule has 0 bridgehead atoms. The lowest BCUT2D eigenvalue weighted by atomic mass is 9.82. The molecule has 0 saturated heterocycles. The molecule has 55 heavy (non-hydrogen) atoms. The van der Waals surface area contributed by atoms with E-state index in [-0.39, 0.29) is 5.41 Å². The second-order valence-corrected chi connectivity index (χ2v) is 16.0. The van der Waals surface area contributed by atoms with Gasteiger partial charge in [0.25, 0.3) is 0 Å². The normalized spacial score (nSPS) is 14.0. The molecule has 2 aliphatic rings. The van der Waals surface area contributed by atoms with Crippen molar-refractivity contribution < 1.29 is 0 Å². The number of benzene rings is 8. The van der Waals surface area contributed by atoms with Crippen LogP contribution in [0.25, 0.3) is 88.4 Å². The van der Waals surface area contributed by atoms with Crippen molar-refractivity contribution in [2.24, 2.45) is 0 Å². The van der Waals surface area contributed by atoms with E-state index in [1.165, 1.54) is 111 Å². The van der Waals surface area contributed by atoms with Crippen molar-refractivity contribution in [2.45, 2.75) is 32.1 Å². The van der Waals surface area contributed by atoms with Gasteiger partial charge in [-0.05, 0) is 129 Å². The van der Waals surface area contributed by atoms with Gasteiger partial charge in [-0.15, -0.1) is 0 Å². The van der Waals surface area contributed by atoms with Gasteiger partial charge < -0.3 is 9.13 Å². The van der Waals surface area contributed by atoms with E-state index in [2.05, 4.69) is 193 Å². The van der Waals surface area contributed by atoms with E-state index in [0.717, 1.165) is 12.8 Å². The van der Waals surface area contributed by atoms with Gasteiger partial charge in [0.2, 0.25) is 0 Å². The first-order valence-electron chi connectivity index (χ1n) is 19.6. The summed E-state index contributed by atoms with van der Waals surface area (Å²) in [7, 11) is 0. The molecule has 0 fully saturated rings. The Labute approximate surface area is 320 Å². The summed E-state index contributed by atoms with van der Waals surface area (Å²) in [6.45, 7) is 4.74. The third-order valence-electron chi connectivity index (χ3n) is 12.8. The van der Waals surface area contributed by atoms with Gasteiger partial charge >= 0.3 is 0 Å². The zero-order chi connectivity index (χ0) is 36.4. The van der Waals surface area contributed by atoms with E-state index in [9.17, 15) is 0 Å². The summed E-state index contributed by atoms with van der Waals surface area (Å²) < 4.78 is 4.92. The van der Waals surface area contributed by atoms with Crippen molar-refractivity contribution in [3.63, 3.8) is 0 Å². The fourth-order valence-electron chi connectivity index (χ4n) is 10.2. The molecule has 0 atom stereocenters. The van der Waals surface area contributed by atoms with E-state index in [1.54, 1.807) is 0 Å². The van der Waals surface area contributed by atoms with Gasteiger partial charge in [-0.3, -0.25) is 0 Å². The van der Waals surface area contributed by atoms with Crippen molar-refractivity contribution in [1.29, 1.82) is 0 Å². The summed E-state index contributed by atoms with van der Waals surface area (Å²) >= 11 is 0. The monoisotopic (exact) mass is 702 g/mol. The maximum Gasteiger partial charge on any atom is 0.0547 e. The first-order chi connectivity index (χ1) is 27.0. The van der Waals surface area contributed by atoms with Crippen LogP contribution in [0.15, 0.2) is 170 Å². The lowest BCUT2D eigenvalue weighted by Crippen LogP contribution is -2.14. The maximum absolute atomic E-state index is 2.47. The van der Waals surface area contributed by atoms with Gasteiger partial charge in [-0.25, -0.2) is 0 Å².